The van der Waals surface area contributed by atoms with E-state index in [0.717, 1.165) is 35.4 Å². The van der Waals surface area contributed by atoms with Crippen molar-refractivity contribution in [2.45, 2.75) is 6.18 Å². The van der Waals surface area contributed by atoms with Crippen LogP contribution in [0.5, 0.6) is 5.75 Å². The molecule has 2 N–H and O–H groups in total. The lowest BCUT2D eigenvalue weighted by molar-refractivity contribution is -0.137. The van der Waals surface area contributed by atoms with E-state index in [-0.39, 0.29) is 12.2 Å². The van der Waals surface area contributed by atoms with Gasteiger partial charge in [-0.3, -0.25) is 20.4 Å². The molecule has 0 saturated heterocycles. The molecule has 0 atom stereocenters. The van der Waals surface area contributed by atoms with Gasteiger partial charge < -0.3 is 4.74 Å². The van der Waals surface area contributed by atoms with Gasteiger partial charge in [-0.1, -0.05) is 48.5 Å². The topological polar surface area (TPSA) is 67.4 Å². The number of amides is 2. The molecule has 0 saturated carbocycles. The van der Waals surface area contributed by atoms with Crippen molar-refractivity contribution in [2.75, 3.05) is 6.61 Å². The van der Waals surface area contributed by atoms with Crippen LogP contribution in [-0.2, 0) is 11.0 Å². The third kappa shape index (κ3) is 5.38. The van der Waals surface area contributed by atoms with E-state index in [9.17, 15) is 22.8 Å². The maximum atomic E-state index is 12.6. The second-order valence-electron chi connectivity index (χ2n) is 6.23. The molecule has 5 nitrogen and oxygen atoms in total. The highest BCUT2D eigenvalue weighted by molar-refractivity contribution is 5.95. The number of hydrazine groups is 1. The molecule has 0 unspecified atom stereocenters. The van der Waals surface area contributed by atoms with Gasteiger partial charge in [-0.2, -0.15) is 13.2 Å². The first-order valence-electron chi connectivity index (χ1n) is 8.88. The second kappa shape index (κ2) is 9.13. The van der Waals surface area contributed by atoms with Gasteiger partial charge in [0.15, 0.2) is 6.61 Å². The van der Waals surface area contributed by atoms with Crippen molar-refractivity contribution in [3.63, 3.8) is 0 Å². The highest BCUT2D eigenvalue weighted by atomic mass is 19.4. The third-order valence-corrected chi connectivity index (χ3v) is 4.12. The van der Waals surface area contributed by atoms with Crippen LogP contribution in [0.4, 0.5) is 13.2 Å². The molecule has 3 rings (SSSR count). The van der Waals surface area contributed by atoms with Crippen LogP contribution in [0, 0.1) is 0 Å². The first-order valence-corrected chi connectivity index (χ1v) is 8.88. The summed E-state index contributed by atoms with van der Waals surface area (Å²) in [5.74, 6) is -0.882. The zero-order valence-corrected chi connectivity index (χ0v) is 15.6. The number of hydrogen-bond donors (Lipinski definition) is 2. The minimum absolute atomic E-state index is 0.0290. The molecule has 0 heterocycles. The summed E-state index contributed by atoms with van der Waals surface area (Å²) in [4.78, 5) is 24.0. The molecule has 0 aliphatic carbocycles. The van der Waals surface area contributed by atoms with Crippen LogP contribution in [0.3, 0.4) is 0 Å². The lowest BCUT2D eigenvalue weighted by Gasteiger charge is -2.12. The van der Waals surface area contributed by atoms with E-state index in [1.807, 2.05) is 42.5 Å². The van der Waals surface area contributed by atoms with Crippen LogP contribution in [0.2, 0.25) is 0 Å². The van der Waals surface area contributed by atoms with E-state index in [0.29, 0.717) is 5.75 Å². The first kappa shape index (κ1) is 20.9. The van der Waals surface area contributed by atoms with Crippen LogP contribution in [0.15, 0.2) is 78.9 Å². The Balaban J connectivity index is 1.54. The lowest BCUT2D eigenvalue weighted by atomic mass is 10.1. The van der Waals surface area contributed by atoms with Crippen LogP contribution in [-0.4, -0.2) is 18.4 Å². The fourth-order valence-corrected chi connectivity index (χ4v) is 2.64. The van der Waals surface area contributed by atoms with E-state index in [1.165, 1.54) is 0 Å². The molecule has 0 fully saturated rings. The van der Waals surface area contributed by atoms with Gasteiger partial charge in [-0.25, -0.2) is 0 Å². The smallest absolute Gasteiger partial charge is 0.416 e. The molecular weight excluding hydrogens is 397 g/mol. The number of benzene rings is 3. The number of alkyl halides is 3. The third-order valence-electron chi connectivity index (χ3n) is 4.12. The SMILES string of the molecule is O=C(COc1ccccc1-c1ccccc1)NNC(=O)c1ccc(C(F)(F)F)cc1. The van der Waals surface area contributed by atoms with Gasteiger partial charge in [-0.15, -0.1) is 0 Å². The Morgan fingerprint density at radius 1 is 0.800 bits per heavy atom. The Labute approximate surface area is 170 Å². The van der Waals surface area contributed by atoms with E-state index >= 15 is 0 Å². The highest BCUT2D eigenvalue weighted by Gasteiger charge is 2.30. The lowest BCUT2D eigenvalue weighted by Crippen LogP contribution is -2.43. The molecular formula is C22H17F3N2O3. The first-order chi connectivity index (χ1) is 14.3. The standard InChI is InChI=1S/C22H17F3N2O3/c23-22(24,25)17-12-10-16(11-13-17)21(29)27-26-20(28)14-30-19-9-5-4-8-18(19)15-6-2-1-3-7-15/h1-13H,14H2,(H,26,28)(H,27,29). The minimum Gasteiger partial charge on any atom is -0.483 e. The van der Waals surface area contributed by atoms with Crippen molar-refractivity contribution < 1.29 is 27.5 Å². The predicted molar refractivity (Wildman–Crippen MR) is 104 cm³/mol. The quantitative estimate of drug-likeness (QED) is 0.615. The summed E-state index contributed by atoms with van der Waals surface area (Å²) in [5.41, 5.74) is 5.14. The summed E-state index contributed by atoms with van der Waals surface area (Å²) in [7, 11) is 0. The van der Waals surface area contributed by atoms with Crippen LogP contribution < -0.4 is 15.6 Å². The van der Waals surface area contributed by atoms with E-state index in [2.05, 4.69) is 10.9 Å². The fourth-order valence-electron chi connectivity index (χ4n) is 2.64. The zero-order valence-electron chi connectivity index (χ0n) is 15.6. The number of nitrogens with one attached hydrogen (secondary N) is 2. The van der Waals surface area contributed by atoms with Crippen LogP contribution >= 0.6 is 0 Å². The number of carbonyl (C=O) groups excluding carboxylic acids is 2. The Morgan fingerprint density at radius 2 is 1.43 bits per heavy atom. The van der Waals surface area contributed by atoms with Crippen molar-refractivity contribution in [1.82, 2.24) is 10.9 Å². The summed E-state index contributed by atoms with van der Waals surface area (Å²) in [6, 6.07) is 20.3. The van der Waals surface area contributed by atoms with Gasteiger partial charge in [0.05, 0.1) is 5.56 Å². The number of carbonyl (C=O) groups is 2. The normalized spacial score (nSPS) is 10.9. The van der Waals surface area contributed by atoms with Gasteiger partial charge in [0.2, 0.25) is 0 Å². The molecule has 30 heavy (non-hydrogen) atoms. The highest BCUT2D eigenvalue weighted by Crippen LogP contribution is 2.30. The Morgan fingerprint density at radius 3 is 2.10 bits per heavy atom. The molecule has 3 aromatic rings. The summed E-state index contributed by atoms with van der Waals surface area (Å²) in [6.45, 7) is -0.364. The molecule has 0 radical (unpaired) electrons. The Hall–Kier alpha value is -3.81. The monoisotopic (exact) mass is 414 g/mol. The molecule has 0 aliphatic rings. The Bertz CT molecular complexity index is 1020. The van der Waals surface area contributed by atoms with Crippen molar-refractivity contribution in [3.05, 3.63) is 90.0 Å². The van der Waals surface area contributed by atoms with Gasteiger partial charge in [0.1, 0.15) is 5.75 Å². The zero-order chi connectivity index (χ0) is 21.6. The maximum absolute atomic E-state index is 12.6. The average molecular weight is 414 g/mol. The van der Waals surface area contributed by atoms with Crippen LogP contribution in [0.25, 0.3) is 11.1 Å². The summed E-state index contributed by atoms with van der Waals surface area (Å²) >= 11 is 0. The molecule has 8 heteroatoms. The molecule has 0 aliphatic heterocycles. The molecule has 2 amide bonds. The summed E-state index contributed by atoms with van der Waals surface area (Å²) in [6.07, 6.45) is -4.49. The Kier molecular flexibility index (Phi) is 6.36. The minimum atomic E-state index is -4.49. The van der Waals surface area contributed by atoms with E-state index in [4.69, 9.17) is 4.74 Å². The maximum Gasteiger partial charge on any atom is 0.416 e. The molecule has 0 aromatic heterocycles. The fraction of sp³-hybridized carbons (Fsp3) is 0.0909. The number of hydrogen-bond acceptors (Lipinski definition) is 3. The average Bonchev–Trinajstić information content (AvgIpc) is 2.76. The molecule has 0 bridgehead atoms. The van der Waals surface area contributed by atoms with Gasteiger partial charge in [0.25, 0.3) is 11.8 Å². The van der Waals surface area contributed by atoms with Crippen molar-refractivity contribution in [1.29, 1.82) is 0 Å². The molecule has 0 spiro atoms. The molecule has 3 aromatic carbocycles. The van der Waals surface area contributed by atoms with Crippen molar-refractivity contribution >= 4 is 11.8 Å². The number of ether oxygens (including phenoxy) is 1. The summed E-state index contributed by atoms with van der Waals surface area (Å²) in [5, 5.41) is 0. The predicted octanol–water partition coefficient (Wildman–Crippen LogP) is 4.21. The second-order valence-corrected chi connectivity index (χ2v) is 6.23. The van der Waals surface area contributed by atoms with Gasteiger partial charge >= 0.3 is 6.18 Å². The van der Waals surface area contributed by atoms with Crippen molar-refractivity contribution in [2.24, 2.45) is 0 Å². The number of rotatable bonds is 5. The summed E-state index contributed by atoms with van der Waals surface area (Å²) < 4.78 is 43.3. The van der Waals surface area contributed by atoms with Crippen LogP contribution in [0.1, 0.15) is 15.9 Å². The van der Waals surface area contributed by atoms with E-state index in [1.54, 1.807) is 12.1 Å². The number of halogens is 3. The molecule has 154 valence electrons. The van der Waals surface area contributed by atoms with Gasteiger partial charge in [-0.05, 0) is 35.9 Å². The van der Waals surface area contributed by atoms with Gasteiger partial charge in [0, 0.05) is 11.1 Å². The van der Waals surface area contributed by atoms with Crippen molar-refractivity contribution in [3.8, 4) is 16.9 Å². The van der Waals surface area contributed by atoms with E-state index < -0.39 is 23.6 Å². The largest absolute Gasteiger partial charge is 0.483 e. The number of para-hydroxylation sites is 1.